The summed E-state index contributed by atoms with van der Waals surface area (Å²) in [6.07, 6.45) is 4.37. The first-order chi connectivity index (χ1) is 7.19. The number of rotatable bonds is 3. The molecule has 82 valence electrons. The summed E-state index contributed by atoms with van der Waals surface area (Å²) in [4.78, 5) is 0. The average molecular weight is 205 g/mol. The fourth-order valence-corrected chi connectivity index (χ4v) is 2.56. The van der Waals surface area contributed by atoms with Crippen molar-refractivity contribution >= 4 is 0 Å². The van der Waals surface area contributed by atoms with Gasteiger partial charge in [0.1, 0.15) is 5.75 Å². The van der Waals surface area contributed by atoms with Gasteiger partial charge in [-0.3, -0.25) is 0 Å². The van der Waals surface area contributed by atoms with Gasteiger partial charge in [0.05, 0.1) is 7.11 Å². The van der Waals surface area contributed by atoms with E-state index in [1.54, 1.807) is 7.11 Å². The molecule has 1 aliphatic rings. The van der Waals surface area contributed by atoms with Gasteiger partial charge in [0.2, 0.25) is 0 Å². The molecule has 1 aromatic carbocycles. The molecule has 0 radical (unpaired) electrons. The first kappa shape index (κ1) is 10.5. The normalized spacial score (nSPS) is 23.9. The molecule has 0 heterocycles. The highest BCUT2D eigenvalue weighted by Crippen LogP contribution is 2.39. The lowest BCUT2D eigenvalue weighted by Crippen LogP contribution is -2.33. The van der Waals surface area contributed by atoms with Crippen molar-refractivity contribution in [1.82, 2.24) is 0 Å². The van der Waals surface area contributed by atoms with Crippen molar-refractivity contribution in [3.05, 3.63) is 29.3 Å². The Morgan fingerprint density at radius 2 is 2.27 bits per heavy atom. The minimum absolute atomic E-state index is 0.112. The summed E-state index contributed by atoms with van der Waals surface area (Å²) >= 11 is 0. The number of benzene rings is 1. The van der Waals surface area contributed by atoms with E-state index in [0.29, 0.717) is 0 Å². The van der Waals surface area contributed by atoms with Crippen LogP contribution in [-0.2, 0) is 12.0 Å². The van der Waals surface area contributed by atoms with Gasteiger partial charge in [-0.2, -0.15) is 0 Å². The molecule has 0 saturated carbocycles. The van der Waals surface area contributed by atoms with Crippen molar-refractivity contribution in [2.75, 3.05) is 7.11 Å². The number of aryl methyl sites for hydroxylation is 1. The molecule has 2 nitrogen and oxygen atoms in total. The van der Waals surface area contributed by atoms with Gasteiger partial charge in [0.15, 0.2) is 0 Å². The van der Waals surface area contributed by atoms with E-state index in [9.17, 15) is 0 Å². The molecule has 0 aromatic heterocycles. The average Bonchev–Trinajstić information content (AvgIpc) is 2.57. The topological polar surface area (TPSA) is 35.2 Å². The van der Waals surface area contributed by atoms with E-state index < -0.39 is 0 Å². The van der Waals surface area contributed by atoms with Crippen LogP contribution in [0.1, 0.15) is 37.3 Å². The fraction of sp³-hybridized carbons (Fsp3) is 0.538. The quantitative estimate of drug-likeness (QED) is 0.823. The Morgan fingerprint density at radius 3 is 2.93 bits per heavy atom. The number of ether oxygens (including phenoxy) is 1. The summed E-state index contributed by atoms with van der Waals surface area (Å²) in [6, 6.07) is 6.28. The molecule has 0 spiro atoms. The van der Waals surface area contributed by atoms with Crippen molar-refractivity contribution < 1.29 is 4.74 Å². The van der Waals surface area contributed by atoms with Crippen molar-refractivity contribution in [2.24, 2.45) is 5.73 Å². The number of nitrogens with two attached hydrogens (primary N) is 1. The molecule has 0 fully saturated rings. The fourth-order valence-electron chi connectivity index (χ4n) is 2.56. The maximum absolute atomic E-state index is 6.45. The molecule has 1 atom stereocenters. The summed E-state index contributed by atoms with van der Waals surface area (Å²) in [5, 5.41) is 0. The molecule has 0 bridgehead atoms. The monoisotopic (exact) mass is 205 g/mol. The zero-order valence-corrected chi connectivity index (χ0v) is 9.55. The first-order valence-corrected chi connectivity index (χ1v) is 5.66. The van der Waals surface area contributed by atoms with Gasteiger partial charge in [-0.05, 0) is 42.5 Å². The van der Waals surface area contributed by atoms with Gasteiger partial charge in [-0.25, -0.2) is 0 Å². The van der Waals surface area contributed by atoms with Crippen molar-refractivity contribution in [3.63, 3.8) is 0 Å². The number of hydrogen-bond acceptors (Lipinski definition) is 2. The minimum Gasteiger partial charge on any atom is -0.497 e. The predicted octanol–water partition coefficient (Wildman–Crippen LogP) is 2.60. The highest BCUT2D eigenvalue weighted by atomic mass is 16.5. The highest BCUT2D eigenvalue weighted by Gasteiger charge is 2.34. The highest BCUT2D eigenvalue weighted by molar-refractivity contribution is 5.43. The van der Waals surface area contributed by atoms with Crippen LogP contribution in [0.25, 0.3) is 0 Å². The number of methoxy groups -OCH3 is 1. The van der Waals surface area contributed by atoms with E-state index in [0.717, 1.165) is 31.4 Å². The van der Waals surface area contributed by atoms with E-state index in [1.165, 1.54) is 11.1 Å². The van der Waals surface area contributed by atoms with Crippen molar-refractivity contribution in [3.8, 4) is 5.75 Å². The summed E-state index contributed by atoms with van der Waals surface area (Å²) in [7, 11) is 1.70. The largest absolute Gasteiger partial charge is 0.497 e. The predicted molar refractivity (Wildman–Crippen MR) is 62.1 cm³/mol. The zero-order valence-electron chi connectivity index (χ0n) is 9.55. The van der Waals surface area contributed by atoms with Crippen LogP contribution in [0, 0.1) is 0 Å². The van der Waals surface area contributed by atoms with E-state index in [2.05, 4.69) is 19.1 Å². The second kappa shape index (κ2) is 3.86. The SMILES string of the molecule is CCCC1(N)CCc2ccc(OC)cc21. The molecule has 2 rings (SSSR count). The molecule has 0 saturated heterocycles. The summed E-state index contributed by atoms with van der Waals surface area (Å²) < 4.78 is 5.26. The smallest absolute Gasteiger partial charge is 0.119 e. The Balaban J connectivity index is 2.39. The third-order valence-electron chi connectivity index (χ3n) is 3.39. The lowest BCUT2D eigenvalue weighted by molar-refractivity contribution is 0.393. The van der Waals surface area contributed by atoms with Gasteiger partial charge < -0.3 is 10.5 Å². The number of hydrogen-bond donors (Lipinski definition) is 1. The van der Waals surface area contributed by atoms with Crippen LogP contribution in [0.2, 0.25) is 0 Å². The van der Waals surface area contributed by atoms with Crippen LogP contribution in [-0.4, -0.2) is 7.11 Å². The lowest BCUT2D eigenvalue weighted by atomic mass is 9.88. The Labute approximate surface area is 91.4 Å². The molecule has 0 aliphatic heterocycles. The first-order valence-electron chi connectivity index (χ1n) is 5.66. The van der Waals surface area contributed by atoms with Crippen LogP contribution in [0.4, 0.5) is 0 Å². The molecule has 1 aliphatic carbocycles. The van der Waals surface area contributed by atoms with Crippen LogP contribution >= 0.6 is 0 Å². The lowest BCUT2D eigenvalue weighted by Gasteiger charge is -2.25. The van der Waals surface area contributed by atoms with Gasteiger partial charge in [-0.1, -0.05) is 19.4 Å². The van der Waals surface area contributed by atoms with E-state index in [1.807, 2.05) is 6.07 Å². The number of fused-ring (bicyclic) bond motifs is 1. The molecule has 1 aromatic rings. The van der Waals surface area contributed by atoms with Crippen LogP contribution < -0.4 is 10.5 Å². The second-order valence-electron chi connectivity index (χ2n) is 4.43. The Bertz CT molecular complexity index is 358. The third kappa shape index (κ3) is 1.74. The van der Waals surface area contributed by atoms with Crippen LogP contribution in [0.5, 0.6) is 5.75 Å². The van der Waals surface area contributed by atoms with Gasteiger partial charge in [0.25, 0.3) is 0 Å². The van der Waals surface area contributed by atoms with E-state index in [4.69, 9.17) is 10.5 Å². The summed E-state index contributed by atoms with van der Waals surface area (Å²) in [6.45, 7) is 2.19. The molecular weight excluding hydrogens is 186 g/mol. The maximum Gasteiger partial charge on any atom is 0.119 e. The van der Waals surface area contributed by atoms with Gasteiger partial charge in [-0.15, -0.1) is 0 Å². The molecule has 0 amide bonds. The standard InChI is InChI=1S/C13H19NO/c1-3-7-13(14)8-6-10-4-5-11(15-2)9-12(10)13/h4-5,9H,3,6-8,14H2,1-2H3. The maximum atomic E-state index is 6.45. The van der Waals surface area contributed by atoms with Crippen molar-refractivity contribution in [2.45, 2.75) is 38.1 Å². The molecule has 1 unspecified atom stereocenters. The van der Waals surface area contributed by atoms with Crippen LogP contribution in [0.15, 0.2) is 18.2 Å². The Kier molecular flexibility index (Phi) is 2.70. The second-order valence-corrected chi connectivity index (χ2v) is 4.43. The summed E-state index contributed by atoms with van der Waals surface area (Å²) in [5.41, 5.74) is 9.03. The summed E-state index contributed by atoms with van der Waals surface area (Å²) in [5.74, 6) is 0.918. The minimum atomic E-state index is -0.112. The van der Waals surface area contributed by atoms with E-state index >= 15 is 0 Å². The zero-order chi connectivity index (χ0) is 10.9. The van der Waals surface area contributed by atoms with Crippen molar-refractivity contribution in [1.29, 1.82) is 0 Å². The molecule has 2 heteroatoms. The van der Waals surface area contributed by atoms with E-state index in [-0.39, 0.29) is 5.54 Å². The van der Waals surface area contributed by atoms with Gasteiger partial charge >= 0.3 is 0 Å². The molecular formula is C13H19NO. The Morgan fingerprint density at radius 1 is 1.47 bits per heavy atom. The van der Waals surface area contributed by atoms with Crippen LogP contribution in [0.3, 0.4) is 0 Å². The Hall–Kier alpha value is -1.02. The molecule has 15 heavy (non-hydrogen) atoms. The third-order valence-corrected chi connectivity index (χ3v) is 3.39. The van der Waals surface area contributed by atoms with Gasteiger partial charge in [0, 0.05) is 5.54 Å². The molecule has 2 N–H and O–H groups in total.